The number of carbonyl (C=O) groups is 1. The Balaban J connectivity index is 2.86. The van der Waals surface area contributed by atoms with Crippen LogP contribution in [0.5, 0.6) is 0 Å². The van der Waals surface area contributed by atoms with Gasteiger partial charge in [-0.3, -0.25) is 0 Å². The molecule has 0 unspecified atom stereocenters. The van der Waals surface area contributed by atoms with Gasteiger partial charge in [0.1, 0.15) is 0 Å². The van der Waals surface area contributed by atoms with Crippen molar-refractivity contribution in [2.24, 2.45) is 5.92 Å². The fourth-order valence-electron chi connectivity index (χ4n) is 1.93. The van der Waals surface area contributed by atoms with E-state index in [9.17, 15) is 20.1 Å². The van der Waals surface area contributed by atoms with E-state index in [0.29, 0.717) is 0 Å². The molecule has 0 aromatic rings. The van der Waals surface area contributed by atoms with E-state index >= 15 is 0 Å². The van der Waals surface area contributed by atoms with Crippen LogP contribution in [0.4, 0.5) is 0 Å². The Labute approximate surface area is 88.0 Å². The lowest BCUT2D eigenvalue weighted by atomic mass is 9.75. The zero-order valence-electron chi connectivity index (χ0n) is 8.59. The molecule has 0 radical (unpaired) electrons. The lowest BCUT2D eigenvalue weighted by molar-refractivity contribution is -0.179. The van der Waals surface area contributed by atoms with Crippen molar-refractivity contribution in [3.63, 3.8) is 0 Å². The minimum Gasteiger partial charge on any atom is -0.467 e. The van der Waals surface area contributed by atoms with E-state index in [1.165, 1.54) is 13.2 Å². The largest absolute Gasteiger partial charge is 0.467 e. The number of hydrogen-bond donors (Lipinski definition) is 3. The molecule has 3 N–H and O–H groups in total. The van der Waals surface area contributed by atoms with Gasteiger partial charge in [0.05, 0.1) is 19.3 Å². The van der Waals surface area contributed by atoms with E-state index < -0.39 is 29.7 Å². The molecule has 5 heteroatoms. The molecule has 1 fully saturated rings. The number of esters is 1. The van der Waals surface area contributed by atoms with Gasteiger partial charge in [-0.1, -0.05) is 6.08 Å². The fraction of sp³-hybridized carbons (Fsp3) is 0.700. The first kappa shape index (κ1) is 12.2. The van der Waals surface area contributed by atoms with Gasteiger partial charge in [0.15, 0.2) is 5.60 Å². The average Bonchev–Trinajstić information content (AvgIpc) is 2.22. The number of aliphatic hydroxyl groups excluding tert-OH is 2. The highest BCUT2D eigenvalue weighted by molar-refractivity contribution is 5.79. The molecule has 0 bridgehead atoms. The standard InChI is InChI=1S/C10H16O5/c1-3-6-4-10(14,9(13)15-2)5-7(11)8(6)12/h3,6-8,11-12,14H,1,4-5H2,2H3/t6-,7-,8+,10-/m1/s1. The van der Waals surface area contributed by atoms with Gasteiger partial charge in [-0.15, -0.1) is 6.58 Å². The molecule has 0 amide bonds. The highest BCUT2D eigenvalue weighted by Crippen LogP contribution is 2.34. The summed E-state index contributed by atoms with van der Waals surface area (Å²) in [5, 5.41) is 29.0. The van der Waals surface area contributed by atoms with Crippen molar-refractivity contribution in [2.45, 2.75) is 30.7 Å². The number of hydrogen-bond acceptors (Lipinski definition) is 5. The number of ether oxygens (including phenoxy) is 1. The zero-order chi connectivity index (χ0) is 11.6. The van der Waals surface area contributed by atoms with Crippen LogP contribution >= 0.6 is 0 Å². The number of carbonyl (C=O) groups excluding carboxylic acids is 1. The van der Waals surface area contributed by atoms with E-state index in [0.717, 1.165) is 0 Å². The topological polar surface area (TPSA) is 87.0 Å². The monoisotopic (exact) mass is 216 g/mol. The summed E-state index contributed by atoms with van der Waals surface area (Å²) in [6.45, 7) is 3.49. The van der Waals surface area contributed by atoms with Crippen molar-refractivity contribution in [3.05, 3.63) is 12.7 Å². The van der Waals surface area contributed by atoms with Crippen LogP contribution in [0.3, 0.4) is 0 Å². The Hall–Kier alpha value is -0.910. The molecule has 0 aliphatic heterocycles. The van der Waals surface area contributed by atoms with Crippen molar-refractivity contribution in [1.82, 2.24) is 0 Å². The van der Waals surface area contributed by atoms with Crippen LogP contribution in [0.25, 0.3) is 0 Å². The SMILES string of the molecule is C=C[C@@H]1C[C@](O)(C(=O)OC)C[C@@H](O)[C@H]1O. The molecule has 0 aromatic heterocycles. The maximum atomic E-state index is 11.3. The summed E-state index contributed by atoms with van der Waals surface area (Å²) < 4.78 is 4.45. The lowest BCUT2D eigenvalue weighted by Gasteiger charge is -2.39. The third-order valence-electron chi connectivity index (χ3n) is 2.82. The maximum Gasteiger partial charge on any atom is 0.337 e. The predicted octanol–water partition coefficient (Wildman–Crippen LogP) is -0.792. The highest BCUT2D eigenvalue weighted by atomic mass is 16.5. The van der Waals surface area contributed by atoms with Crippen molar-refractivity contribution in [3.8, 4) is 0 Å². The zero-order valence-corrected chi connectivity index (χ0v) is 8.59. The van der Waals surface area contributed by atoms with Crippen LogP contribution in [0.1, 0.15) is 12.8 Å². The fourth-order valence-corrected chi connectivity index (χ4v) is 1.93. The first-order valence-electron chi connectivity index (χ1n) is 4.74. The normalized spacial score (nSPS) is 40.9. The second-order valence-corrected chi connectivity index (χ2v) is 3.89. The minimum absolute atomic E-state index is 0.0153. The molecule has 4 atom stereocenters. The maximum absolute atomic E-state index is 11.3. The molecular formula is C10H16O5. The van der Waals surface area contributed by atoms with Crippen LogP contribution in [-0.2, 0) is 9.53 Å². The molecule has 1 aliphatic rings. The van der Waals surface area contributed by atoms with E-state index in [4.69, 9.17) is 0 Å². The Bertz CT molecular complexity index is 265. The first-order valence-corrected chi connectivity index (χ1v) is 4.74. The van der Waals surface area contributed by atoms with Gasteiger partial charge in [-0.25, -0.2) is 4.79 Å². The van der Waals surface area contributed by atoms with Crippen molar-refractivity contribution in [2.75, 3.05) is 7.11 Å². The predicted molar refractivity (Wildman–Crippen MR) is 51.9 cm³/mol. The van der Waals surface area contributed by atoms with Crippen LogP contribution in [0.2, 0.25) is 0 Å². The second kappa shape index (κ2) is 4.30. The lowest BCUT2D eigenvalue weighted by Crippen LogP contribution is -2.53. The highest BCUT2D eigenvalue weighted by Gasteiger charge is 2.48. The van der Waals surface area contributed by atoms with Gasteiger partial charge in [0.2, 0.25) is 0 Å². The van der Waals surface area contributed by atoms with Crippen LogP contribution in [0.15, 0.2) is 12.7 Å². The van der Waals surface area contributed by atoms with E-state index in [-0.39, 0.29) is 12.8 Å². The molecular weight excluding hydrogens is 200 g/mol. The quantitative estimate of drug-likeness (QED) is 0.416. The average molecular weight is 216 g/mol. The van der Waals surface area contributed by atoms with Gasteiger partial charge < -0.3 is 20.1 Å². The number of rotatable bonds is 2. The summed E-state index contributed by atoms with van der Waals surface area (Å²) in [7, 11) is 1.17. The van der Waals surface area contributed by atoms with Crippen LogP contribution in [0, 0.1) is 5.92 Å². The summed E-state index contributed by atoms with van der Waals surface area (Å²) >= 11 is 0. The number of aliphatic hydroxyl groups is 3. The van der Waals surface area contributed by atoms with Crippen molar-refractivity contribution in [1.29, 1.82) is 0 Å². The molecule has 0 heterocycles. The van der Waals surface area contributed by atoms with Crippen LogP contribution < -0.4 is 0 Å². The summed E-state index contributed by atoms with van der Waals surface area (Å²) in [5.41, 5.74) is -1.73. The molecule has 5 nitrogen and oxygen atoms in total. The van der Waals surface area contributed by atoms with Gasteiger partial charge in [0.25, 0.3) is 0 Å². The van der Waals surface area contributed by atoms with Gasteiger partial charge in [-0.05, 0) is 6.42 Å². The Morgan fingerprint density at radius 1 is 1.53 bits per heavy atom. The second-order valence-electron chi connectivity index (χ2n) is 3.89. The minimum atomic E-state index is -1.73. The third-order valence-corrected chi connectivity index (χ3v) is 2.82. The smallest absolute Gasteiger partial charge is 0.337 e. The third kappa shape index (κ3) is 2.19. The summed E-state index contributed by atoms with van der Waals surface area (Å²) in [5.74, 6) is -1.31. The summed E-state index contributed by atoms with van der Waals surface area (Å²) in [6.07, 6.45) is -0.925. The summed E-state index contributed by atoms with van der Waals surface area (Å²) in [4.78, 5) is 11.3. The van der Waals surface area contributed by atoms with Gasteiger partial charge in [-0.2, -0.15) is 0 Å². The molecule has 1 saturated carbocycles. The molecule has 0 aromatic carbocycles. The molecule has 15 heavy (non-hydrogen) atoms. The molecule has 0 saturated heterocycles. The molecule has 1 aliphatic carbocycles. The Morgan fingerprint density at radius 3 is 2.60 bits per heavy atom. The Kier molecular flexibility index (Phi) is 3.49. The van der Waals surface area contributed by atoms with Crippen molar-refractivity contribution < 1.29 is 24.9 Å². The molecule has 86 valence electrons. The molecule has 1 rings (SSSR count). The van der Waals surface area contributed by atoms with Crippen LogP contribution in [-0.4, -0.2) is 46.2 Å². The van der Waals surface area contributed by atoms with E-state index in [1.807, 2.05) is 0 Å². The van der Waals surface area contributed by atoms with E-state index in [2.05, 4.69) is 11.3 Å². The van der Waals surface area contributed by atoms with Crippen molar-refractivity contribution >= 4 is 5.97 Å². The summed E-state index contributed by atoms with van der Waals surface area (Å²) in [6, 6.07) is 0. The number of methoxy groups -OCH3 is 1. The molecule has 0 spiro atoms. The van der Waals surface area contributed by atoms with Gasteiger partial charge >= 0.3 is 5.97 Å². The van der Waals surface area contributed by atoms with Gasteiger partial charge in [0, 0.05) is 12.3 Å². The van der Waals surface area contributed by atoms with E-state index in [1.54, 1.807) is 0 Å². The first-order chi connectivity index (χ1) is 6.94. The Morgan fingerprint density at radius 2 is 2.13 bits per heavy atom.